The summed E-state index contributed by atoms with van der Waals surface area (Å²) in [6.45, 7) is -0.113. The highest BCUT2D eigenvalue weighted by Crippen LogP contribution is 2.06. The number of hydrogen-bond acceptors (Lipinski definition) is 5. The second kappa shape index (κ2) is 6.52. The van der Waals surface area contributed by atoms with E-state index in [1.165, 1.54) is 0 Å². The monoisotopic (exact) mass is 241 g/mol. The minimum atomic E-state index is -2.45. The molecule has 0 aromatic carbocycles. The predicted molar refractivity (Wildman–Crippen MR) is 49.2 cm³/mol. The fraction of sp³-hybridized carbons (Fsp3) is 0.714. The first-order valence-electron chi connectivity index (χ1n) is 4.20. The number of hydrogen-bond donors (Lipinski definition) is 1. The summed E-state index contributed by atoms with van der Waals surface area (Å²) in [6.07, 6.45) is -2.45. The highest BCUT2D eigenvalue weighted by atomic mass is 35.5. The van der Waals surface area contributed by atoms with E-state index >= 15 is 0 Å². The Balaban J connectivity index is 2.09. The summed E-state index contributed by atoms with van der Waals surface area (Å²) in [7, 11) is 0. The first-order valence-corrected chi connectivity index (χ1v) is 4.74. The number of halogens is 3. The zero-order valence-corrected chi connectivity index (χ0v) is 8.51. The molecule has 0 saturated carbocycles. The van der Waals surface area contributed by atoms with Gasteiger partial charge in [-0.3, -0.25) is 0 Å². The maximum atomic E-state index is 11.6. The summed E-state index contributed by atoms with van der Waals surface area (Å²) in [5.41, 5.74) is 0. The Hall–Kier alpha value is -0.950. The minimum absolute atomic E-state index is 0.135. The molecule has 0 radical (unpaired) electrons. The molecule has 1 N–H and O–H groups in total. The molecule has 1 aromatic heterocycles. The van der Waals surface area contributed by atoms with E-state index in [0.29, 0.717) is 12.4 Å². The van der Waals surface area contributed by atoms with E-state index in [1.54, 1.807) is 0 Å². The highest BCUT2D eigenvalue weighted by Gasteiger charge is 2.04. The SMILES string of the molecule is FC(F)COCCNc1nnc(CCl)o1. The van der Waals surface area contributed by atoms with Gasteiger partial charge >= 0.3 is 6.01 Å². The Morgan fingerprint density at radius 2 is 2.27 bits per heavy atom. The number of aromatic nitrogens is 2. The first kappa shape index (κ1) is 12.1. The molecule has 0 aliphatic carbocycles. The molecule has 1 aromatic rings. The quantitative estimate of drug-likeness (QED) is 0.579. The van der Waals surface area contributed by atoms with E-state index in [2.05, 4.69) is 20.3 Å². The molecular weight excluding hydrogens is 232 g/mol. The van der Waals surface area contributed by atoms with E-state index in [1.807, 2.05) is 0 Å². The average Bonchev–Trinajstić information content (AvgIpc) is 2.65. The summed E-state index contributed by atoms with van der Waals surface area (Å²) in [5.74, 6) is 0.434. The maximum absolute atomic E-state index is 11.6. The van der Waals surface area contributed by atoms with Gasteiger partial charge < -0.3 is 14.5 Å². The third-order valence-corrected chi connectivity index (χ3v) is 1.58. The molecule has 0 aliphatic rings. The van der Waals surface area contributed by atoms with E-state index in [9.17, 15) is 8.78 Å². The van der Waals surface area contributed by atoms with Crippen LogP contribution in [0.2, 0.25) is 0 Å². The van der Waals surface area contributed by atoms with Crippen molar-refractivity contribution in [2.45, 2.75) is 12.3 Å². The van der Waals surface area contributed by atoms with Gasteiger partial charge in [0.25, 0.3) is 6.43 Å². The van der Waals surface area contributed by atoms with Crippen LogP contribution in [0.3, 0.4) is 0 Å². The Bertz CT molecular complexity index is 285. The Labute approximate surface area is 89.8 Å². The molecule has 15 heavy (non-hydrogen) atoms. The lowest BCUT2D eigenvalue weighted by molar-refractivity contribution is 0.0214. The number of ether oxygens (including phenoxy) is 1. The van der Waals surface area contributed by atoms with Crippen molar-refractivity contribution in [3.63, 3.8) is 0 Å². The third-order valence-electron chi connectivity index (χ3n) is 1.35. The predicted octanol–water partition coefficient (Wildman–Crippen LogP) is 1.50. The van der Waals surface area contributed by atoms with Crippen LogP contribution in [0.5, 0.6) is 0 Å². The molecule has 1 rings (SSSR count). The van der Waals surface area contributed by atoms with Crippen molar-refractivity contribution in [2.24, 2.45) is 0 Å². The van der Waals surface area contributed by atoms with Crippen LogP contribution in [0.15, 0.2) is 4.42 Å². The fourth-order valence-corrected chi connectivity index (χ4v) is 0.890. The third kappa shape index (κ3) is 4.89. The fourth-order valence-electron chi connectivity index (χ4n) is 0.782. The molecule has 86 valence electrons. The van der Waals surface area contributed by atoms with Gasteiger partial charge in [-0.05, 0) is 0 Å². The van der Waals surface area contributed by atoms with Crippen LogP contribution in [-0.2, 0) is 10.6 Å². The topological polar surface area (TPSA) is 60.2 Å². The van der Waals surface area contributed by atoms with Crippen LogP contribution in [0, 0.1) is 0 Å². The van der Waals surface area contributed by atoms with Crippen molar-refractivity contribution >= 4 is 17.6 Å². The van der Waals surface area contributed by atoms with Crippen LogP contribution in [0.1, 0.15) is 5.89 Å². The van der Waals surface area contributed by atoms with Gasteiger partial charge in [0, 0.05) is 6.54 Å². The van der Waals surface area contributed by atoms with Gasteiger partial charge in [0.2, 0.25) is 5.89 Å². The molecule has 5 nitrogen and oxygen atoms in total. The molecule has 0 aliphatic heterocycles. The minimum Gasteiger partial charge on any atom is -0.407 e. The van der Waals surface area contributed by atoms with E-state index in [-0.39, 0.29) is 18.5 Å². The summed E-state index contributed by atoms with van der Waals surface area (Å²) < 4.78 is 32.9. The lowest BCUT2D eigenvalue weighted by Gasteiger charge is -2.02. The molecule has 0 bridgehead atoms. The largest absolute Gasteiger partial charge is 0.407 e. The number of alkyl halides is 3. The number of anilines is 1. The van der Waals surface area contributed by atoms with Gasteiger partial charge in [-0.1, -0.05) is 5.10 Å². The van der Waals surface area contributed by atoms with Crippen molar-refractivity contribution in [1.82, 2.24) is 10.2 Å². The maximum Gasteiger partial charge on any atom is 0.315 e. The molecule has 8 heteroatoms. The molecule has 0 fully saturated rings. The molecule has 0 unspecified atom stereocenters. The molecule has 0 spiro atoms. The van der Waals surface area contributed by atoms with Crippen molar-refractivity contribution in [3.8, 4) is 0 Å². The first-order chi connectivity index (χ1) is 7.22. The van der Waals surface area contributed by atoms with Crippen molar-refractivity contribution in [2.75, 3.05) is 25.1 Å². The van der Waals surface area contributed by atoms with Gasteiger partial charge in [-0.2, -0.15) is 0 Å². The molecule has 1 heterocycles. The number of rotatable bonds is 7. The van der Waals surface area contributed by atoms with E-state index < -0.39 is 13.0 Å². The number of nitrogens with zero attached hydrogens (tertiary/aromatic N) is 2. The summed E-state index contributed by atoms with van der Waals surface area (Å²) >= 11 is 5.43. The number of nitrogens with one attached hydrogen (secondary N) is 1. The normalized spacial score (nSPS) is 10.9. The zero-order chi connectivity index (χ0) is 11.1. The van der Waals surface area contributed by atoms with Crippen LogP contribution in [0.4, 0.5) is 14.8 Å². The summed E-state index contributed by atoms with van der Waals surface area (Å²) in [4.78, 5) is 0. The van der Waals surface area contributed by atoms with Gasteiger partial charge in [0.1, 0.15) is 12.5 Å². The van der Waals surface area contributed by atoms with E-state index in [0.717, 1.165) is 0 Å². The van der Waals surface area contributed by atoms with Crippen LogP contribution in [0.25, 0.3) is 0 Å². The lowest BCUT2D eigenvalue weighted by Crippen LogP contribution is -2.13. The zero-order valence-electron chi connectivity index (χ0n) is 7.75. The van der Waals surface area contributed by atoms with Gasteiger partial charge in [-0.15, -0.1) is 16.7 Å². The standard InChI is InChI=1S/C7H10ClF2N3O2/c8-3-6-12-13-7(15-6)11-1-2-14-4-5(9)10/h5H,1-4H2,(H,11,13). The van der Waals surface area contributed by atoms with E-state index in [4.69, 9.17) is 16.0 Å². The lowest BCUT2D eigenvalue weighted by atomic mass is 10.6. The molecule has 0 saturated heterocycles. The van der Waals surface area contributed by atoms with Gasteiger partial charge in [0.05, 0.1) is 6.61 Å². The molecule has 0 amide bonds. The smallest absolute Gasteiger partial charge is 0.315 e. The summed E-state index contributed by atoms with van der Waals surface area (Å²) in [6, 6.07) is 0.200. The Kier molecular flexibility index (Phi) is 5.27. The van der Waals surface area contributed by atoms with Gasteiger partial charge in [-0.25, -0.2) is 8.78 Å². The van der Waals surface area contributed by atoms with Crippen molar-refractivity contribution in [1.29, 1.82) is 0 Å². The van der Waals surface area contributed by atoms with Crippen molar-refractivity contribution in [3.05, 3.63) is 5.89 Å². The Morgan fingerprint density at radius 3 is 2.87 bits per heavy atom. The van der Waals surface area contributed by atoms with Crippen molar-refractivity contribution < 1.29 is 17.9 Å². The molecular formula is C7H10ClF2N3O2. The highest BCUT2D eigenvalue weighted by molar-refractivity contribution is 6.16. The van der Waals surface area contributed by atoms with Crippen LogP contribution >= 0.6 is 11.6 Å². The summed E-state index contributed by atoms with van der Waals surface area (Å²) in [5, 5.41) is 9.90. The second-order valence-electron chi connectivity index (χ2n) is 2.53. The average molecular weight is 242 g/mol. The van der Waals surface area contributed by atoms with Crippen LogP contribution in [-0.4, -0.2) is 36.4 Å². The second-order valence-corrected chi connectivity index (χ2v) is 2.79. The van der Waals surface area contributed by atoms with Crippen LogP contribution < -0.4 is 5.32 Å². The van der Waals surface area contributed by atoms with Gasteiger partial charge in [0.15, 0.2) is 0 Å². The Morgan fingerprint density at radius 1 is 1.47 bits per heavy atom. The molecule has 0 atom stereocenters.